The van der Waals surface area contributed by atoms with E-state index in [1.165, 1.54) is 17.9 Å². The largest absolute Gasteiger partial charge is 0.387 e. The number of nitrogens with two attached hydrogens (primary N) is 1. The summed E-state index contributed by atoms with van der Waals surface area (Å²) in [4.78, 5) is 15.8. The van der Waals surface area contributed by atoms with Crippen molar-refractivity contribution >= 4 is 5.82 Å². The van der Waals surface area contributed by atoms with Gasteiger partial charge in [-0.2, -0.15) is 4.98 Å². The van der Waals surface area contributed by atoms with E-state index in [1.807, 2.05) is 0 Å². The van der Waals surface area contributed by atoms with Gasteiger partial charge in [-0.15, -0.1) is 6.42 Å². The molecule has 1 aromatic heterocycles. The molecule has 22 heavy (non-hydrogen) atoms. The van der Waals surface area contributed by atoms with Gasteiger partial charge >= 0.3 is 5.69 Å². The Labute approximate surface area is 127 Å². The van der Waals surface area contributed by atoms with Gasteiger partial charge in [0.15, 0.2) is 6.23 Å². The van der Waals surface area contributed by atoms with Crippen LogP contribution in [-0.2, 0) is 14.2 Å². The molecule has 1 aliphatic rings. The number of hydrogen-bond acceptors (Lipinski definition) is 7. The number of rotatable bonds is 5. The van der Waals surface area contributed by atoms with E-state index in [2.05, 4.69) is 10.9 Å². The number of aliphatic hydroxyl groups excluding tert-OH is 1. The van der Waals surface area contributed by atoms with Gasteiger partial charge in [0, 0.05) is 18.9 Å². The molecule has 0 aliphatic carbocycles. The van der Waals surface area contributed by atoms with Crippen LogP contribution in [0, 0.1) is 19.3 Å². The Bertz CT molecular complexity index is 624. The Morgan fingerprint density at radius 2 is 2.36 bits per heavy atom. The van der Waals surface area contributed by atoms with Gasteiger partial charge in [-0.05, 0) is 6.92 Å². The first-order valence-corrected chi connectivity index (χ1v) is 6.72. The van der Waals surface area contributed by atoms with Crippen molar-refractivity contribution in [3.8, 4) is 12.3 Å². The molecular weight excluding hydrogens is 290 g/mol. The SMILES string of the molecule is C#CCOC1C(O)C(COC)OC1n1cc(C)c(N)nc1=O. The quantitative estimate of drug-likeness (QED) is 0.675. The summed E-state index contributed by atoms with van der Waals surface area (Å²) in [6.07, 6.45) is 3.42. The van der Waals surface area contributed by atoms with E-state index >= 15 is 0 Å². The van der Waals surface area contributed by atoms with Crippen molar-refractivity contribution in [2.24, 2.45) is 0 Å². The van der Waals surface area contributed by atoms with Crippen LogP contribution in [0.5, 0.6) is 0 Å². The summed E-state index contributed by atoms with van der Waals surface area (Å²) in [6, 6.07) is 0. The number of nitrogens with zero attached hydrogens (tertiary/aromatic N) is 2. The maximum absolute atomic E-state index is 12.1. The molecule has 1 saturated heterocycles. The van der Waals surface area contributed by atoms with Gasteiger partial charge in [0.1, 0.15) is 30.7 Å². The Hall–Kier alpha value is -1.92. The average Bonchev–Trinajstić information content (AvgIpc) is 2.78. The van der Waals surface area contributed by atoms with Crippen LogP contribution < -0.4 is 11.4 Å². The lowest BCUT2D eigenvalue weighted by molar-refractivity contribution is -0.0709. The van der Waals surface area contributed by atoms with Gasteiger partial charge in [0.05, 0.1) is 6.61 Å². The van der Waals surface area contributed by atoms with E-state index in [1.54, 1.807) is 6.92 Å². The molecule has 1 aliphatic heterocycles. The number of anilines is 1. The summed E-state index contributed by atoms with van der Waals surface area (Å²) in [5.41, 5.74) is 5.64. The maximum Gasteiger partial charge on any atom is 0.351 e. The molecule has 1 fully saturated rings. The highest BCUT2D eigenvalue weighted by atomic mass is 16.6. The van der Waals surface area contributed by atoms with Crippen molar-refractivity contribution in [1.82, 2.24) is 9.55 Å². The minimum atomic E-state index is -0.983. The van der Waals surface area contributed by atoms with Crippen molar-refractivity contribution in [3.05, 3.63) is 22.2 Å². The second-order valence-electron chi connectivity index (χ2n) is 4.99. The van der Waals surface area contributed by atoms with Crippen molar-refractivity contribution in [2.75, 3.05) is 26.1 Å². The second-order valence-corrected chi connectivity index (χ2v) is 4.99. The Balaban J connectivity index is 2.36. The minimum Gasteiger partial charge on any atom is -0.387 e. The van der Waals surface area contributed by atoms with Crippen LogP contribution in [0.25, 0.3) is 0 Å². The monoisotopic (exact) mass is 309 g/mol. The number of aliphatic hydroxyl groups is 1. The van der Waals surface area contributed by atoms with E-state index in [-0.39, 0.29) is 19.0 Å². The fourth-order valence-electron chi connectivity index (χ4n) is 2.33. The number of methoxy groups -OCH3 is 1. The number of terminal acetylenes is 1. The fraction of sp³-hybridized carbons (Fsp3) is 0.571. The van der Waals surface area contributed by atoms with Crippen LogP contribution in [0.1, 0.15) is 11.8 Å². The molecule has 0 amide bonds. The number of aryl methyl sites for hydroxylation is 1. The molecule has 1 aromatic rings. The lowest BCUT2D eigenvalue weighted by atomic mass is 10.1. The number of nitrogen functional groups attached to an aromatic ring is 1. The lowest BCUT2D eigenvalue weighted by Crippen LogP contribution is -2.38. The summed E-state index contributed by atoms with van der Waals surface area (Å²) in [6.45, 7) is 1.86. The van der Waals surface area contributed by atoms with Crippen LogP contribution in [0.2, 0.25) is 0 Å². The number of ether oxygens (including phenoxy) is 3. The summed E-state index contributed by atoms with van der Waals surface area (Å²) in [5, 5.41) is 10.3. The molecule has 8 heteroatoms. The number of aromatic nitrogens is 2. The fourth-order valence-corrected chi connectivity index (χ4v) is 2.33. The van der Waals surface area contributed by atoms with Crippen LogP contribution in [0.4, 0.5) is 5.82 Å². The van der Waals surface area contributed by atoms with Crippen molar-refractivity contribution in [3.63, 3.8) is 0 Å². The third-order valence-electron chi connectivity index (χ3n) is 3.45. The van der Waals surface area contributed by atoms with Crippen molar-refractivity contribution in [1.29, 1.82) is 0 Å². The molecule has 120 valence electrons. The summed E-state index contributed by atoms with van der Waals surface area (Å²) >= 11 is 0. The van der Waals surface area contributed by atoms with Crippen LogP contribution in [0.3, 0.4) is 0 Å². The highest BCUT2D eigenvalue weighted by Gasteiger charge is 2.46. The zero-order valence-electron chi connectivity index (χ0n) is 12.4. The zero-order valence-corrected chi connectivity index (χ0v) is 12.4. The van der Waals surface area contributed by atoms with Gasteiger partial charge in [0.2, 0.25) is 0 Å². The van der Waals surface area contributed by atoms with E-state index in [0.717, 1.165) is 0 Å². The predicted molar refractivity (Wildman–Crippen MR) is 78.0 cm³/mol. The lowest BCUT2D eigenvalue weighted by Gasteiger charge is -2.21. The predicted octanol–water partition coefficient (Wildman–Crippen LogP) is -0.943. The van der Waals surface area contributed by atoms with E-state index in [9.17, 15) is 9.90 Å². The maximum atomic E-state index is 12.1. The molecule has 0 aromatic carbocycles. The van der Waals surface area contributed by atoms with Crippen LogP contribution in [-0.4, -0.2) is 53.3 Å². The first kappa shape index (κ1) is 16.5. The number of hydrogen-bond donors (Lipinski definition) is 2. The van der Waals surface area contributed by atoms with Gasteiger partial charge in [-0.25, -0.2) is 4.79 Å². The minimum absolute atomic E-state index is 0.0164. The molecule has 4 atom stereocenters. The van der Waals surface area contributed by atoms with Crippen molar-refractivity contribution < 1.29 is 19.3 Å². The molecule has 2 rings (SSSR count). The highest BCUT2D eigenvalue weighted by Crippen LogP contribution is 2.31. The Morgan fingerprint density at radius 1 is 1.64 bits per heavy atom. The highest BCUT2D eigenvalue weighted by molar-refractivity contribution is 5.35. The summed E-state index contributed by atoms with van der Waals surface area (Å²) in [5.74, 6) is 2.47. The molecule has 4 unspecified atom stereocenters. The molecule has 8 nitrogen and oxygen atoms in total. The van der Waals surface area contributed by atoms with E-state index in [0.29, 0.717) is 5.56 Å². The molecule has 2 heterocycles. The molecule has 0 radical (unpaired) electrons. The normalized spacial score (nSPS) is 27.7. The van der Waals surface area contributed by atoms with Gasteiger partial charge in [-0.3, -0.25) is 4.57 Å². The Morgan fingerprint density at radius 3 is 3.00 bits per heavy atom. The topological polar surface area (TPSA) is 109 Å². The van der Waals surface area contributed by atoms with Crippen molar-refractivity contribution in [2.45, 2.75) is 31.5 Å². The molecule has 0 bridgehead atoms. The van der Waals surface area contributed by atoms with Gasteiger partial charge in [-0.1, -0.05) is 5.92 Å². The third-order valence-corrected chi connectivity index (χ3v) is 3.45. The van der Waals surface area contributed by atoms with Crippen LogP contribution in [0.15, 0.2) is 11.0 Å². The summed E-state index contributed by atoms with van der Waals surface area (Å²) in [7, 11) is 1.49. The smallest absolute Gasteiger partial charge is 0.351 e. The molecule has 0 spiro atoms. The third kappa shape index (κ3) is 3.13. The molecule has 3 N–H and O–H groups in total. The standard InChI is InChI=1S/C14H19N3O5/c1-4-5-21-11-10(18)9(7-20-3)22-13(11)17-6-8(2)12(15)16-14(17)19/h1,6,9-11,13,18H,5,7H2,2-3H3,(H2,15,16,19). The van der Waals surface area contributed by atoms with Gasteiger partial charge in [0.25, 0.3) is 0 Å². The zero-order chi connectivity index (χ0) is 16.3. The average molecular weight is 309 g/mol. The van der Waals surface area contributed by atoms with E-state index in [4.69, 9.17) is 26.4 Å². The summed E-state index contributed by atoms with van der Waals surface area (Å²) < 4.78 is 17.4. The second kappa shape index (κ2) is 6.89. The van der Waals surface area contributed by atoms with Crippen LogP contribution >= 0.6 is 0 Å². The first-order chi connectivity index (χ1) is 10.5. The molecule has 0 saturated carbocycles. The van der Waals surface area contributed by atoms with Gasteiger partial charge < -0.3 is 25.1 Å². The first-order valence-electron chi connectivity index (χ1n) is 6.72. The molecular formula is C14H19N3O5. The van der Waals surface area contributed by atoms with E-state index < -0.39 is 30.2 Å². The Kier molecular flexibility index (Phi) is 5.15.